The third kappa shape index (κ3) is 4.11. The van der Waals surface area contributed by atoms with Gasteiger partial charge in [0.15, 0.2) is 0 Å². The highest BCUT2D eigenvalue weighted by Crippen LogP contribution is 2.32. The SMILES string of the molecule is CC(NOC(C)(C)C)c1c(Cl)ccc(F)c1Cl. The Kier molecular flexibility index (Phi) is 4.78. The molecule has 1 aromatic rings. The molecular formula is C12H16Cl2FNO. The summed E-state index contributed by atoms with van der Waals surface area (Å²) >= 11 is 11.9. The van der Waals surface area contributed by atoms with Gasteiger partial charge in [0.05, 0.1) is 16.7 Å². The number of benzene rings is 1. The fourth-order valence-electron chi connectivity index (χ4n) is 1.26. The van der Waals surface area contributed by atoms with Crippen LogP contribution in [0.15, 0.2) is 12.1 Å². The van der Waals surface area contributed by atoms with Gasteiger partial charge in [-0.3, -0.25) is 4.84 Å². The summed E-state index contributed by atoms with van der Waals surface area (Å²) in [5.41, 5.74) is 2.96. The van der Waals surface area contributed by atoms with Crippen LogP contribution in [-0.4, -0.2) is 5.60 Å². The lowest BCUT2D eigenvalue weighted by atomic mass is 10.1. The molecule has 96 valence electrons. The van der Waals surface area contributed by atoms with Gasteiger partial charge in [-0.2, -0.15) is 5.48 Å². The van der Waals surface area contributed by atoms with E-state index in [0.29, 0.717) is 10.6 Å². The van der Waals surface area contributed by atoms with Crippen LogP contribution in [0.3, 0.4) is 0 Å². The molecule has 0 aliphatic carbocycles. The van der Waals surface area contributed by atoms with Crippen LogP contribution in [0.4, 0.5) is 4.39 Å². The largest absolute Gasteiger partial charge is 0.296 e. The van der Waals surface area contributed by atoms with Crippen molar-refractivity contribution in [3.05, 3.63) is 33.6 Å². The second-order valence-corrected chi connectivity index (χ2v) is 5.60. The summed E-state index contributed by atoms with van der Waals surface area (Å²) in [4.78, 5) is 5.41. The van der Waals surface area contributed by atoms with E-state index in [1.54, 1.807) is 6.92 Å². The molecule has 0 saturated heterocycles. The highest BCUT2D eigenvalue weighted by Gasteiger charge is 2.19. The van der Waals surface area contributed by atoms with Crippen molar-refractivity contribution in [1.29, 1.82) is 0 Å². The molecule has 1 rings (SSSR count). The highest BCUT2D eigenvalue weighted by molar-refractivity contribution is 6.36. The van der Waals surface area contributed by atoms with E-state index in [-0.39, 0.29) is 16.7 Å². The number of halogens is 3. The molecule has 1 atom stereocenters. The molecule has 0 amide bonds. The first-order valence-corrected chi connectivity index (χ1v) is 6.05. The molecule has 0 saturated carbocycles. The number of nitrogens with one attached hydrogen (secondary N) is 1. The zero-order valence-corrected chi connectivity index (χ0v) is 11.8. The zero-order valence-electron chi connectivity index (χ0n) is 10.3. The van der Waals surface area contributed by atoms with Crippen molar-refractivity contribution >= 4 is 23.2 Å². The Bertz CT molecular complexity index is 404. The molecule has 5 heteroatoms. The average molecular weight is 280 g/mol. The monoisotopic (exact) mass is 279 g/mol. The quantitative estimate of drug-likeness (QED) is 0.649. The predicted octanol–water partition coefficient (Wildman–Crippen LogP) is 4.51. The summed E-state index contributed by atoms with van der Waals surface area (Å²) in [6, 6.07) is 2.42. The van der Waals surface area contributed by atoms with Gasteiger partial charge in [-0.1, -0.05) is 23.2 Å². The minimum absolute atomic E-state index is 0.0232. The predicted molar refractivity (Wildman–Crippen MR) is 68.8 cm³/mol. The summed E-state index contributed by atoms with van der Waals surface area (Å²) in [6.45, 7) is 7.52. The van der Waals surface area contributed by atoms with Gasteiger partial charge >= 0.3 is 0 Å². The van der Waals surface area contributed by atoms with Crippen LogP contribution in [-0.2, 0) is 4.84 Å². The van der Waals surface area contributed by atoms with E-state index in [1.165, 1.54) is 12.1 Å². The van der Waals surface area contributed by atoms with Gasteiger partial charge < -0.3 is 0 Å². The topological polar surface area (TPSA) is 21.3 Å². The Labute approximate surface area is 111 Å². The number of hydroxylamine groups is 1. The normalized spacial score (nSPS) is 13.8. The third-order valence-electron chi connectivity index (χ3n) is 2.05. The van der Waals surface area contributed by atoms with E-state index < -0.39 is 5.82 Å². The van der Waals surface area contributed by atoms with Gasteiger partial charge in [0, 0.05) is 10.6 Å². The average Bonchev–Trinajstić information content (AvgIpc) is 2.20. The summed E-state index contributed by atoms with van der Waals surface area (Å²) in [5, 5.41) is 0.434. The molecule has 1 unspecified atom stereocenters. The van der Waals surface area contributed by atoms with E-state index in [4.69, 9.17) is 28.0 Å². The van der Waals surface area contributed by atoms with Crippen LogP contribution in [0, 0.1) is 5.82 Å². The van der Waals surface area contributed by atoms with Gasteiger partial charge in [0.25, 0.3) is 0 Å². The van der Waals surface area contributed by atoms with E-state index in [1.807, 2.05) is 20.8 Å². The molecule has 17 heavy (non-hydrogen) atoms. The maximum atomic E-state index is 13.3. The lowest BCUT2D eigenvalue weighted by molar-refractivity contribution is -0.0866. The van der Waals surface area contributed by atoms with Gasteiger partial charge in [0.1, 0.15) is 5.82 Å². The van der Waals surface area contributed by atoms with Crippen molar-refractivity contribution in [2.24, 2.45) is 0 Å². The maximum Gasteiger partial charge on any atom is 0.142 e. The van der Waals surface area contributed by atoms with Crippen molar-refractivity contribution in [2.45, 2.75) is 39.3 Å². The van der Waals surface area contributed by atoms with Gasteiger partial charge in [-0.15, -0.1) is 0 Å². The highest BCUT2D eigenvalue weighted by atomic mass is 35.5. The molecule has 1 aromatic carbocycles. The van der Waals surface area contributed by atoms with Crippen LogP contribution in [0.25, 0.3) is 0 Å². The first-order chi connectivity index (χ1) is 7.72. The van der Waals surface area contributed by atoms with E-state index in [2.05, 4.69) is 5.48 Å². The minimum atomic E-state index is -0.490. The minimum Gasteiger partial charge on any atom is -0.296 e. The molecule has 0 fully saturated rings. The Morgan fingerprint density at radius 3 is 2.41 bits per heavy atom. The van der Waals surface area contributed by atoms with Crippen LogP contribution in [0.2, 0.25) is 10.0 Å². The van der Waals surface area contributed by atoms with Crippen molar-refractivity contribution in [3.63, 3.8) is 0 Å². The Morgan fingerprint density at radius 1 is 1.29 bits per heavy atom. The van der Waals surface area contributed by atoms with Gasteiger partial charge in [-0.25, -0.2) is 4.39 Å². The summed E-state index contributed by atoms with van der Waals surface area (Å²) in [7, 11) is 0. The Morgan fingerprint density at radius 2 is 1.88 bits per heavy atom. The summed E-state index contributed by atoms with van der Waals surface area (Å²) < 4.78 is 13.3. The van der Waals surface area contributed by atoms with E-state index in [9.17, 15) is 4.39 Å². The lowest BCUT2D eigenvalue weighted by Gasteiger charge is -2.24. The molecule has 0 spiro atoms. The molecule has 0 bridgehead atoms. The van der Waals surface area contributed by atoms with Crippen molar-refractivity contribution in [3.8, 4) is 0 Å². The van der Waals surface area contributed by atoms with Crippen molar-refractivity contribution in [2.75, 3.05) is 0 Å². The van der Waals surface area contributed by atoms with Crippen LogP contribution in [0.5, 0.6) is 0 Å². The number of hydrogen-bond donors (Lipinski definition) is 1. The van der Waals surface area contributed by atoms with Crippen molar-refractivity contribution in [1.82, 2.24) is 5.48 Å². The first kappa shape index (κ1) is 14.7. The summed E-state index contributed by atoms with van der Waals surface area (Å²) in [5.74, 6) is -0.490. The van der Waals surface area contributed by atoms with E-state index >= 15 is 0 Å². The number of hydrogen-bond acceptors (Lipinski definition) is 2. The molecule has 0 radical (unpaired) electrons. The maximum absolute atomic E-state index is 13.3. The standard InChI is InChI=1S/C12H16Cl2FNO/c1-7(16-17-12(2,3)4)10-8(13)5-6-9(15)11(10)14/h5-7,16H,1-4H3. The van der Waals surface area contributed by atoms with Crippen molar-refractivity contribution < 1.29 is 9.23 Å². The Hall–Kier alpha value is -0.350. The van der Waals surface area contributed by atoms with Crippen LogP contribution >= 0.6 is 23.2 Å². The van der Waals surface area contributed by atoms with Gasteiger partial charge in [-0.05, 0) is 39.8 Å². The number of rotatable bonds is 3. The van der Waals surface area contributed by atoms with Crippen LogP contribution in [0.1, 0.15) is 39.3 Å². The molecule has 2 nitrogen and oxygen atoms in total. The lowest BCUT2D eigenvalue weighted by Crippen LogP contribution is -2.31. The molecule has 0 aliphatic rings. The van der Waals surface area contributed by atoms with E-state index in [0.717, 1.165) is 0 Å². The fourth-order valence-corrected chi connectivity index (χ4v) is 1.96. The second-order valence-electron chi connectivity index (χ2n) is 4.81. The fraction of sp³-hybridized carbons (Fsp3) is 0.500. The smallest absolute Gasteiger partial charge is 0.142 e. The molecule has 1 N–H and O–H groups in total. The van der Waals surface area contributed by atoms with Gasteiger partial charge in [0.2, 0.25) is 0 Å². The molecule has 0 aromatic heterocycles. The Balaban J connectivity index is 2.89. The molecular weight excluding hydrogens is 264 g/mol. The summed E-state index contributed by atoms with van der Waals surface area (Å²) in [6.07, 6.45) is 0. The second kappa shape index (κ2) is 5.53. The van der Waals surface area contributed by atoms with Crippen LogP contribution < -0.4 is 5.48 Å². The molecule has 0 heterocycles. The molecule has 0 aliphatic heterocycles. The first-order valence-electron chi connectivity index (χ1n) is 5.29. The third-order valence-corrected chi connectivity index (χ3v) is 2.77. The zero-order chi connectivity index (χ0) is 13.2.